The Morgan fingerprint density at radius 2 is 0.976 bits per heavy atom. The fourth-order valence-corrected chi connectivity index (χ4v) is 7.61. The van der Waals surface area contributed by atoms with Crippen molar-refractivity contribution in [1.82, 2.24) is 0 Å². The lowest BCUT2D eigenvalue weighted by Gasteiger charge is -2.23. The summed E-state index contributed by atoms with van der Waals surface area (Å²) in [6, 6.07) is 49.9. The molecular formula is C41H28. The van der Waals surface area contributed by atoms with E-state index >= 15 is 0 Å². The molecule has 8 aromatic carbocycles. The molecule has 192 valence electrons. The van der Waals surface area contributed by atoms with Crippen molar-refractivity contribution in [1.29, 1.82) is 0 Å². The lowest BCUT2D eigenvalue weighted by atomic mass is 9.79. The van der Waals surface area contributed by atoms with Crippen LogP contribution in [0.4, 0.5) is 0 Å². The minimum atomic E-state index is -0.0524. The van der Waals surface area contributed by atoms with Crippen LogP contribution in [0.5, 0.6) is 0 Å². The molecule has 9 rings (SSSR count). The molecule has 0 nitrogen and oxygen atoms in total. The van der Waals surface area contributed by atoms with Crippen molar-refractivity contribution in [2.45, 2.75) is 19.3 Å². The van der Waals surface area contributed by atoms with Crippen molar-refractivity contribution in [3.05, 3.63) is 145 Å². The van der Waals surface area contributed by atoms with Crippen molar-refractivity contribution >= 4 is 43.1 Å². The molecule has 1 aliphatic rings. The van der Waals surface area contributed by atoms with E-state index in [1.54, 1.807) is 0 Å². The topological polar surface area (TPSA) is 0 Å². The van der Waals surface area contributed by atoms with Gasteiger partial charge in [0.05, 0.1) is 0 Å². The predicted octanol–water partition coefficient (Wildman–Crippen LogP) is 11.4. The van der Waals surface area contributed by atoms with Gasteiger partial charge in [-0.3, -0.25) is 0 Å². The molecule has 41 heavy (non-hydrogen) atoms. The molecule has 0 aromatic heterocycles. The summed E-state index contributed by atoms with van der Waals surface area (Å²) < 4.78 is 0. The Morgan fingerprint density at radius 1 is 0.390 bits per heavy atom. The van der Waals surface area contributed by atoms with E-state index in [0.717, 1.165) is 0 Å². The molecule has 0 fully saturated rings. The number of fused-ring (bicyclic) bond motifs is 5. The third-order valence-corrected chi connectivity index (χ3v) is 9.60. The third kappa shape index (κ3) is 3.11. The number of benzene rings is 8. The highest BCUT2D eigenvalue weighted by molar-refractivity contribution is 6.25. The lowest BCUT2D eigenvalue weighted by molar-refractivity contribution is 0.666. The highest BCUT2D eigenvalue weighted by Gasteiger charge is 2.37. The average Bonchev–Trinajstić information content (AvgIpc) is 3.26. The maximum Gasteiger partial charge on any atom is 0.0165 e. The van der Waals surface area contributed by atoms with E-state index in [-0.39, 0.29) is 5.41 Å². The summed E-state index contributed by atoms with van der Waals surface area (Å²) in [5.41, 5.74) is 10.6. The standard InChI is InChI=1S/C41H28/c1-41(2)37-24-31(19-21-34(37)36-23-16-26-6-3-4-9-33(26)40(36)41)25-10-12-27(13-11-25)32-20-17-30-15-14-28-7-5-8-29-18-22-35(32)39(30)38(28)29/h3-24H,1-2H3. The molecule has 0 spiro atoms. The number of hydrogen-bond donors (Lipinski definition) is 0. The zero-order chi connectivity index (χ0) is 27.3. The average molecular weight is 521 g/mol. The van der Waals surface area contributed by atoms with Crippen LogP contribution in [0.25, 0.3) is 76.5 Å². The van der Waals surface area contributed by atoms with Gasteiger partial charge in [-0.2, -0.15) is 0 Å². The van der Waals surface area contributed by atoms with E-state index in [1.165, 1.54) is 87.6 Å². The minimum absolute atomic E-state index is 0.0524. The second-order valence-corrected chi connectivity index (χ2v) is 12.1. The van der Waals surface area contributed by atoms with Gasteiger partial charge in [-0.1, -0.05) is 141 Å². The maximum absolute atomic E-state index is 2.43. The van der Waals surface area contributed by atoms with Gasteiger partial charge in [-0.05, 0) is 93.7 Å². The molecule has 0 heteroatoms. The summed E-state index contributed by atoms with van der Waals surface area (Å²) in [6.45, 7) is 4.76. The van der Waals surface area contributed by atoms with Crippen molar-refractivity contribution < 1.29 is 0 Å². The van der Waals surface area contributed by atoms with Crippen molar-refractivity contribution in [3.63, 3.8) is 0 Å². The normalized spacial score (nSPS) is 13.8. The molecule has 0 unspecified atom stereocenters. The molecule has 1 aliphatic carbocycles. The van der Waals surface area contributed by atoms with E-state index in [4.69, 9.17) is 0 Å². The first-order valence-electron chi connectivity index (χ1n) is 14.5. The van der Waals surface area contributed by atoms with Crippen molar-refractivity contribution in [3.8, 4) is 33.4 Å². The molecular weight excluding hydrogens is 492 g/mol. The molecule has 0 saturated carbocycles. The molecule has 0 amide bonds. The highest BCUT2D eigenvalue weighted by Crippen LogP contribution is 2.52. The summed E-state index contributed by atoms with van der Waals surface area (Å²) in [5, 5.41) is 10.7. The fraction of sp³-hybridized carbons (Fsp3) is 0.0732. The van der Waals surface area contributed by atoms with Gasteiger partial charge in [0, 0.05) is 5.41 Å². The summed E-state index contributed by atoms with van der Waals surface area (Å²) in [7, 11) is 0. The second kappa shape index (κ2) is 8.05. The number of hydrogen-bond acceptors (Lipinski definition) is 0. The first-order valence-corrected chi connectivity index (χ1v) is 14.5. The van der Waals surface area contributed by atoms with Gasteiger partial charge < -0.3 is 0 Å². The predicted molar refractivity (Wildman–Crippen MR) is 176 cm³/mol. The van der Waals surface area contributed by atoms with Crippen LogP contribution in [-0.2, 0) is 5.41 Å². The van der Waals surface area contributed by atoms with Crippen molar-refractivity contribution in [2.75, 3.05) is 0 Å². The largest absolute Gasteiger partial charge is 0.0616 e. The molecule has 0 bridgehead atoms. The number of rotatable bonds is 2. The Bertz CT molecular complexity index is 2300. The van der Waals surface area contributed by atoms with Gasteiger partial charge in [0.25, 0.3) is 0 Å². The van der Waals surface area contributed by atoms with E-state index in [9.17, 15) is 0 Å². The second-order valence-electron chi connectivity index (χ2n) is 12.1. The molecule has 0 radical (unpaired) electrons. The highest BCUT2D eigenvalue weighted by atomic mass is 14.4. The van der Waals surface area contributed by atoms with Crippen LogP contribution < -0.4 is 0 Å². The zero-order valence-corrected chi connectivity index (χ0v) is 23.2. The van der Waals surface area contributed by atoms with Crippen LogP contribution in [0.2, 0.25) is 0 Å². The summed E-state index contributed by atoms with van der Waals surface area (Å²) in [5.74, 6) is 0. The maximum atomic E-state index is 2.43. The Morgan fingerprint density at radius 3 is 1.80 bits per heavy atom. The molecule has 0 atom stereocenters. The third-order valence-electron chi connectivity index (χ3n) is 9.60. The molecule has 0 saturated heterocycles. The van der Waals surface area contributed by atoms with E-state index in [1.807, 2.05) is 0 Å². The Hall–Kier alpha value is -4.94. The SMILES string of the molecule is CC1(C)c2cc(-c3ccc(-c4ccc5ccc6cccc7ccc4c5c67)cc3)ccc2-c2ccc3ccccc3c21. The summed E-state index contributed by atoms with van der Waals surface area (Å²) in [4.78, 5) is 0. The molecule has 0 aliphatic heterocycles. The van der Waals surface area contributed by atoms with Crippen LogP contribution in [0.1, 0.15) is 25.0 Å². The van der Waals surface area contributed by atoms with Crippen molar-refractivity contribution in [2.24, 2.45) is 0 Å². The van der Waals surface area contributed by atoms with Crippen LogP contribution in [-0.4, -0.2) is 0 Å². The zero-order valence-electron chi connectivity index (χ0n) is 23.2. The van der Waals surface area contributed by atoms with Gasteiger partial charge in [0.15, 0.2) is 0 Å². The van der Waals surface area contributed by atoms with Crippen LogP contribution in [0, 0.1) is 0 Å². The molecule has 0 N–H and O–H groups in total. The fourth-order valence-electron chi connectivity index (χ4n) is 7.61. The first-order chi connectivity index (χ1) is 20.1. The first kappa shape index (κ1) is 22.8. The van der Waals surface area contributed by atoms with Crippen LogP contribution >= 0.6 is 0 Å². The minimum Gasteiger partial charge on any atom is -0.0616 e. The van der Waals surface area contributed by atoms with Gasteiger partial charge >= 0.3 is 0 Å². The summed E-state index contributed by atoms with van der Waals surface area (Å²) in [6.07, 6.45) is 0. The molecule has 8 aromatic rings. The van der Waals surface area contributed by atoms with Gasteiger partial charge in [-0.25, -0.2) is 0 Å². The van der Waals surface area contributed by atoms with Crippen LogP contribution in [0.15, 0.2) is 133 Å². The quantitative estimate of drug-likeness (QED) is 0.199. The van der Waals surface area contributed by atoms with Gasteiger partial charge in [-0.15, -0.1) is 0 Å². The molecule has 0 heterocycles. The van der Waals surface area contributed by atoms with E-state index in [2.05, 4.69) is 147 Å². The van der Waals surface area contributed by atoms with Gasteiger partial charge in [0.1, 0.15) is 0 Å². The Kier molecular flexibility index (Phi) is 4.49. The van der Waals surface area contributed by atoms with Gasteiger partial charge in [0.2, 0.25) is 0 Å². The van der Waals surface area contributed by atoms with E-state index < -0.39 is 0 Å². The Balaban J connectivity index is 1.14. The summed E-state index contributed by atoms with van der Waals surface area (Å²) >= 11 is 0. The lowest BCUT2D eigenvalue weighted by Crippen LogP contribution is -2.15. The smallest absolute Gasteiger partial charge is 0.0165 e. The Labute approximate surface area is 239 Å². The monoisotopic (exact) mass is 520 g/mol. The van der Waals surface area contributed by atoms with Crippen LogP contribution in [0.3, 0.4) is 0 Å². The van der Waals surface area contributed by atoms with E-state index in [0.29, 0.717) is 0 Å².